The van der Waals surface area contributed by atoms with E-state index in [9.17, 15) is 9.59 Å². The number of carbonyl (C=O) groups excluding carboxylic acids is 1. The molecule has 0 fully saturated rings. The predicted octanol–water partition coefficient (Wildman–Crippen LogP) is 3.65. The second kappa shape index (κ2) is 6.89. The maximum atomic E-state index is 12.0. The van der Waals surface area contributed by atoms with E-state index in [4.69, 9.17) is 22.0 Å². The van der Waals surface area contributed by atoms with Crippen molar-refractivity contribution in [1.82, 2.24) is 0 Å². The zero-order valence-corrected chi connectivity index (χ0v) is 12.6. The Morgan fingerprint density at radius 3 is 2.41 bits per heavy atom. The third-order valence-corrected chi connectivity index (χ3v) is 3.81. The molecule has 2 aromatic rings. The quantitative estimate of drug-likeness (QED) is 0.660. The lowest BCUT2D eigenvalue weighted by Crippen LogP contribution is -2.13. The van der Waals surface area contributed by atoms with Gasteiger partial charge in [-0.25, -0.2) is 4.79 Å². The molecule has 2 N–H and O–H groups in total. The van der Waals surface area contributed by atoms with Crippen LogP contribution in [0.4, 0.5) is 5.69 Å². The van der Waals surface area contributed by atoms with Crippen LogP contribution >= 0.6 is 22.9 Å². The number of hydrogen-bond donors (Lipinski definition) is 2. The second-order valence-corrected chi connectivity index (χ2v) is 5.89. The molecule has 0 aliphatic rings. The van der Waals surface area contributed by atoms with Crippen molar-refractivity contribution in [2.75, 3.05) is 5.32 Å². The Kier molecular flexibility index (Phi) is 4.94. The molecule has 22 heavy (non-hydrogen) atoms. The number of nitrogens with zero attached hydrogens (tertiary/aromatic N) is 1. The summed E-state index contributed by atoms with van der Waals surface area (Å²) >= 11 is 7.05. The summed E-state index contributed by atoms with van der Waals surface area (Å²) < 4.78 is 0.563. The standard InChI is InChI=1S/C15H9ClN2O3S/c16-13-6-5-12(22-13)7-10(8-17)14(19)18-11-3-1-9(2-4-11)15(20)21/h1-7H,(H,18,19)(H,20,21)/b10-7+. The Morgan fingerprint density at radius 1 is 1.23 bits per heavy atom. The van der Waals surface area contributed by atoms with E-state index in [0.717, 1.165) is 0 Å². The molecule has 0 saturated carbocycles. The average Bonchev–Trinajstić information content (AvgIpc) is 2.90. The van der Waals surface area contributed by atoms with E-state index in [0.29, 0.717) is 14.9 Å². The van der Waals surface area contributed by atoms with Crippen LogP contribution in [0.1, 0.15) is 15.2 Å². The number of benzene rings is 1. The van der Waals surface area contributed by atoms with Gasteiger partial charge >= 0.3 is 5.97 Å². The van der Waals surface area contributed by atoms with Crippen LogP contribution in [-0.2, 0) is 4.79 Å². The van der Waals surface area contributed by atoms with Crippen molar-refractivity contribution < 1.29 is 14.7 Å². The number of aromatic carboxylic acids is 1. The van der Waals surface area contributed by atoms with Crippen LogP contribution in [0.3, 0.4) is 0 Å². The minimum atomic E-state index is -1.05. The summed E-state index contributed by atoms with van der Waals surface area (Å²) in [5.41, 5.74) is 0.448. The summed E-state index contributed by atoms with van der Waals surface area (Å²) in [6.07, 6.45) is 1.44. The number of halogens is 1. The van der Waals surface area contributed by atoms with Gasteiger partial charge in [0.15, 0.2) is 0 Å². The van der Waals surface area contributed by atoms with Crippen LogP contribution in [0.25, 0.3) is 6.08 Å². The van der Waals surface area contributed by atoms with Gasteiger partial charge in [0.1, 0.15) is 11.6 Å². The van der Waals surface area contributed by atoms with Gasteiger partial charge in [0.05, 0.1) is 9.90 Å². The summed E-state index contributed by atoms with van der Waals surface area (Å²) in [5.74, 6) is -1.62. The predicted molar refractivity (Wildman–Crippen MR) is 85.0 cm³/mol. The molecular formula is C15H9ClN2O3S. The molecule has 2 rings (SSSR count). The molecule has 1 heterocycles. The molecule has 0 radical (unpaired) electrons. The van der Waals surface area contributed by atoms with Crippen molar-refractivity contribution in [2.24, 2.45) is 0 Å². The van der Waals surface area contributed by atoms with Crippen LogP contribution in [0, 0.1) is 11.3 Å². The van der Waals surface area contributed by atoms with Crippen LogP contribution < -0.4 is 5.32 Å². The zero-order valence-electron chi connectivity index (χ0n) is 11.0. The molecule has 5 nitrogen and oxygen atoms in total. The highest BCUT2D eigenvalue weighted by atomic mass is 35.5. The third kappa shape index (κ3) is 3.95. The molecule has 1 aromatic heterocycles. The Balaban J connectivity index is 2.14. The highest BCUT2D eigenvalue weighted by molar-refractivity contribution is 7.17. The maximum absolute atomic E-state index is 12.0. The van der Waals surface area contributed by atoms with E-state index in [1.165, 1.54) is 41.7 Å². The van der Waals surface area contributed by atoms with E-state index in [1.54, 1.807) is 12.1 Å². The van der Waals surface area contributed by atoms with E-state index in [2.05, 4.69) is 5.32 Å². The molecule has 0 spiro atoms. The van der Waals surface area contributed by atoms with Gasteiger partial charge in [0.25, 0.3) is 5.91 Å². The zero-order chi connectivity index (χ0) is 16.1. The van der Waals surface area contributed by atoms with Gasteiger partial charge in [-0.1, -0.05) is 11.6 Å². The number of rotatable bonds is 4. The topological polar surface area (TPSA) is 90.2 Å². The monoisotopic (exact) mass is 332 g/mol. The van der Waals surface area contributed by atoms with E-state index < -0.39 is 11.9 Å². The minimum absolute atomic E-state index is 0.0687. The first-order chi connectivity index (χ1) is 10.5. The fourth-order valence-corrected chi connectivity index (χ4v) is 2.60. The van der Waals surface area contributed by atoms with Gasteiger partial charge in [-0.05, 0) is 42.5 Å². The number of thiophene rings is 1. The number of nitriles is 1. The number of nitrogens with one attached hydrogen (secondary N) is 1. The van der Waals surface area contributed by atoms with Crippen molar-refractivity contribution in [3.8, 4) is 6.07 Å². The summed E-state index contributed by atoms with van der Waals surface area (Å²) in [4.78, 5) is 23.5. The number of carbonyl (C=O) groups is 2. The highest BCUT2D eigenvalue weighted by Crippen LogP contribution is 2.23. The summed E-state index contributed by atoms with van der Waals surface area (Å²) in [5, 5.41) is 20.4. The van der Waals surface area contributed by atoms with Gasteiger partial charge < -0.3 is 10.4 Å². The number of amides is 1. The maximum Gasteiger partial charge on any atom is 0.335 e. The molecule has 0 bridgehead atoms. The van der Waals surface area contributed by atoms with E-state index in [-0.39, 0.29) is 11.1 Å². The fraction of sp³-hybridized carbons (Fsp3) is 0. The van der Waals surface area contributed by atoms with Gasteiger partial charge in [-0.3, -0.25) is 4.79 Å². The molecule has 0 aliphatic carbocycles. The lowest BCUT2D eigenvalue weighted by molar-refractivity contribution is -0.112. The Hall–Kier alpha value is -2.62. The van der Waals surface area contributed by atoms with Gasteiger partial charge in [0.2, 0.25) is 0 Å². The first-order valence-corrected chi connectivity index (χ1v) is 7.21. The van der Waals surface area contributed by atoms with Crippen molar-refractivity contribution in [3.63, 3.8) is 0 Å². The lowest BCUT2D eigenvalue weighted by Gasteiger charge is -2.04. The lowest BCUT2D eigenvalue weighted by atomic mass is 10.2. The molecule has 0 aliphatic heterocycles. The summed E-state index contributed by atoms with van der Waals surface area (Å²) in [6.45, 7) is 0. The first kappa shape index (κ1) is 15.8. The molecule has 110 valence electrons. The second-order valence-electron chi connectivity index (χ2n) is 4.15. The Labute approximate surface area is 135 Å². The SMILES string of the molecule is N#C/C(=C\c1ccc(Cl)s1)C(=O)Nc1ccc(C(=O)O)cc1. The van der Waals surface area contributed by atoms with Crippen LogP contribution in [0.5, 0.6) is 0 Å². The number of hydrogen-bond acceptors (Lipinski definition) is 4. The number of anilines is 1. The smallest absolute Gasteiger partial charge is 0.335 e. The summed E-state index contributed by atoms with van der Waals surface area (Å²) in [7, 11) is 0. The van der Waals surface area contributed by atoms with Gasteiger partial charge in [-0.2, -0.15) is 5.26 Å². The number of carboxylic acids is 1. The average molecular weight is 333 g/mol. The van der Waals surface area contributed by atoms with Crippen molar-refractivity contribution in [2.45, 2.75) is 0 Å². The van der Waals surface area contributed by atoms with Crippen molar-refractivity contribution in [1.29, 1.82) is 5.26 Å². The number of carboxylic acid groups (broad SMARTS) is 1. The third-order valence-electron chi connectivity index (χ3n) is 2.64. The largest absolute Gasteiger partial charge is 0.478 e. The molecule has 1 aromatic carbocycles. The first-order valence-electron chi connectivity index (χ1n) is 6.01. The van der Waals surface area contributed by atoms with Crippen LogP contribution in [0.2, 0.25) is 4.34 Å². The molecule has 0 atom stereocenters. The van der Waals surface area contributed by atoms with Gasteiger partial charge in [-0.15, -0.1) is 11.3 Å². The molecule has 7 heteroatoms. The molecule has 1 amide bonds. The van der Waals surface area contributed by atoms with Gasteiger partial charge in [0, 0.05) is 10.6 Å². The minimum Gasteiger partial charge on any atom is -0.478 e. The van der Waals surface area contributed by atoms with Crippen LogP contribution in [-0.4, -0.2) is 17.0 Å². The molecule has 0 unspecified atom stereocenters. The van der Waals surface area contributed by atoms with E-state index >= 15 is 0 Å². The Morgan fingerprint density at radius 2 is 1.91 bits per heavy atom. The highest BCUT2D eigenvalue weighted by Gasteiger charge is 2.11. The fourth-order valence-electron chi connectivity index (χ4n) is 1.59. The van der Waals surface area contributed by atoms with E-state index in [1.807, 2.05) is 6.07 Å². The molecular weight excluding hydrogens is 324 g/mol. The van der Waals surface area contributed by atoms with Crippen molar-refractivity contribution >= 4 is 46.6 Å². The Bertz CT molecular complexity index is 788. The summed E-state index contributed by atoms with van der Waals surface area (Å²) in [6, 6.07) is 10.9. The molecule has 0 saturated heterocycles. The normalized spacial score (nSPS) is 10.8. The van der Waals surface area contributed by atoms with Crippen LogP contribution in [0.15, 0.2) is 42.0 Å². The van der Waals surface area contributed by atoms with Crippen molar-refractivity contribution in [3.05, 3.63) is 56.7 Å².